The van der Waals surface area contributed by atoms with E-state index in [1.54, 1.807) is 19.1 Å². The zero-order valence-corrected chi connectivity index (χ0v) is 20.3. The zero-order valence-electron chi connectivity index (χ0n) is 19.5. The summed E-state index contributed by atoms with van der Waals surface area (Å²) in [4.78, 5) is 27.8. The van der Waals surface area contributed by atoms with E-state index in [9.17, 15) is 18.0 Å². The average Bonchev–Trinajstić information content (AvgIpc) is 3.31. The highest BCUT2D eigenvalue weighted by molar-refractivity contribution is 7.89. The number of hydrogen-bond donors (Lipinski definition) is 1. The number of nitrogens with zero attached hydrogens (tertiary/aromatic N) is 2. The van der Waals surface area contributed by atoms with Crippen LogP contribution in [-0.4, -0.2) is 55.1 Å². The molecule has 0 saturated heterocycles. The first kappa shape index (κ1) is 24.9. The number of carbonyl (C=O) groups excluding carboxylic acids is 2. The number of aryl methyl sites for hydroxylation is 1. The number of amides is 2. The summed E-state index contributed by atoms with van der Waals surface area (Å²) in [6.45, 7) is 3.43. The van der Waals surface area contributed by atoms with Crippen molar-refractivity contribution in [1.82, 2.24) is 14.5 Å². The van der Waals surface area contributed by atoms with E-state index in [4.69, 9.17) is 0 Å². The number of likely N-dealkylation sites (N-methyl/N-ethyl adjacent to an activating group) is 1. The minimum Gasteiger partial charge on any atom is -0.352 e. The standard InChI is InChI=1S/C25H33N3O4S/c1-19-13-15-23(16-14-19)33(31,32)27(3)18-24(29)28(17-21-9-5-4-6-10-21)20(2)25(30)26-22-11-7-8-12-22/h4-6,9-10,13-16,20,22H,7-8,11-12,17-18H2,1-3H3,(H,26,30). The molecule has 1 unspecified atom stereocenters. The summed E-state index contributed by atoms with van der Waals surface area (Å²) in [6, 6.07) is 15.3. The molecule has 0 spiro atoms. The Balaban J connectivity index is 1.77. The second-order valence-electron chi connectivity index (χ2n) is 8.75. The predicted octanol–water partition coefficient (Wildman–Crippen LogP) is 3.09. The lowest BCUT2D eigenvalue weighted by atomic mass is 10.1. The molecule has 8 heteroatoms. The summed E-state index contributed by atoms with van der Waals surface area (Å²) in [5, 5.41) is 3.05. The Kier molecular flexibility index (Phi) is 8.26. The van der Waals surface area contributed by atoms with Gasteiger partial charge in [-0.2, -0.15) is 4.31 Å². The Hall–Kier alpha value is -2.71. The third-order valence-electron chi connectivity index (χ3n) is 6.15. The Morgan fingerprint density at radius 1 is 1.03 bits per heavy atom. The minimum absolute atomic E-state index is 0.130. The molecule has 3 rings (SSSR count). The third kappa shape index (κ3) is 6.42. The Morgan fingerprint density at radius 2 is 1.64 bits per heavy atom. The van der Waals surface area contributed by atoms with Crippen molar-refractivity contribution < 1.29 is 18.0 Å². The van der Waals surface area contributed by atoms with E-state index in [0.29, 0.717) is 0 Å². The van der Waals surface area contributed by atoms with Crippen molar-refractivity contribution in [2.45, 2.75) is 63.1 Å². The molecule has 0 aromatic heterocycles. The Bertz CT molecular complexity index is 1050. The van der Waals surface area contributed by atoms with E-state index in [0.717, 1.165) is 41.1 Å². The molecule has 0 radical (unpaired) electrons. The highest BCUT2D eigenvalue weighted by Crippen LogP contribution is 2.19. The molecule has 7 nitrogen and oxygen atoms in total. The molecule has 1 atom stereocenters. The number of carbonyl (C=O) groups is 2. The van der Waals surface area contributed by atoms with E-state index < -0.39 is 22.0 Å². The number of hydrogen-bond acceptors (Lipinski definition) is 4. The van der Waals surface area contributed by atoms with Gasteiger partial charge in [0.05, 0.1) is 11.4 Å². The fourth-order valence-electron chi connectivity index (χ4n) is 4.01. The van der Waals surface area contributed by atoms with Crippen molar-refractivity contribution >= 4 is 21.8 Å². The highest BCUT2D eigenvalue weighted by atomic mass is 32.2. The Labute approximate surface area is 196 Å². The molecule has 0 heterocycles. The molecule has 178 valence electrons. The van der Waals surface area contributed by atoms with Crippen LogP contribution in [-0.2, 0) is 26.2 Å². The molecular weight excluding hydrogens is 438 g/mol. The molecule has 2 aromatic rings. The van der Waals surface area contributed by atoms with Crippen LogP contribution in [0.4, 0.5) is 0 Å². The smallest absolute Gasteiger partial charge is 0.243 e. The minimum atomic E-state index is -3.84. The fraction of sp³-hybridized carbons (Fsp3) is 0.440. The molecule has 2 aromatic carbocycles. The van der Waals surface area contributed by atoms with Gasteiger partial charge in [-0.05, 0) is 44.4 Å². The molecule has 1 fully saturated rings. The number of rotatable bonds is 9. The molecule has 1 aliphatic carbocycles. The van der Waals surface area contributed by atoms with Crippen molar-refractivity contribution in [3.8, 4) is 0 Å². The Morgan fingerprint density at radius 3 is 2.24 bits per heavy atom. The zero-order chi connectivity index (χ0) is 24.0. The van der Waals surface area contributed by atoms with Gasteiger partial charge >= 0.3 is 0 Å². The lowest BCUT2D eigenvalue weighted by Crippen LogP contribution is -2.52. The summed E-state index contributed by atoms with van der Waals surface area (Å²) in [5.74, 6) is -0.638. The van der Waals surface area contributed by atoms with E-state index in [1.165, 1.54) is 24.1 Å². The monoisotopic (exact) mass is 471 g/mol. The summed E-state index contributed by atoms with van der Waals surface area (Å²) < 4.78 is 27.0. The summed E-state index contributed by atoms with van der Waals surface area (Å²) >= 11 is 0. The van der Waals surface area contributed by atoms with Gasteiger partial charge in [0.15, 0.2) is 0 Å². The van der Waals surface area contributed by atoms with Gasteiger partial charge in [0, 0.05) is 19.6 Å². The van der Waals surface area contributed by atoms with Crippen LogP contribution in [0.2, 0.25) is 0 Å². The topological polar surface area (TPSA) is 86.8 Å². The number of sulfonamides is 1. The third-order valence-corrected chi connectivity index (χ3v) is 7.97. The second-order valence-corrected chi connectivity index (χ2v) is 10.8. The van der Waals surface area contributed by atoms with Crippen LogP contribution in [0.1, 0.15) is 43.7 Å². The van der Waals surface area contributed by atoms with Crippen molar-refractivity contribution in [3.05, 3.63) is 65.7 Å². The van der Waals surface area contributed by atoms with Gasteiger partial charge in [-0.3, -0.25) is 9.59 Å². The highest BCUT2D eigenvalue weighted by Gasteiger charge is 2.31. The molecule has 33 heavy (non-hydrogen) atoms. The summed E-state index contributed by atoms with van der Waals surface area (Å²) in [5.41, 5.74) is 1.82. The SMILES string of the molecule is Cc1ccc(S(=O)(=O)N(C)CC(=O)N(Cc2ccccc2)C(C)C(=O)NC2CCCC2)cc1. The van der Waals surface area contributed by atoms with Crippen molar-refractivity contribution in [2.75, 3.05) is 13.6 Å². The molecule has 1 aliphatic rings. The normalized spacial score (nSPS) is 15.4. The second kappa shape index (κ2) is 10.9. The predicted molar refractivity (Wildman–Crippen MR) is 128 cm³/mol. The van der Waals surface area contributed by atoms with E-state index in [-0.39, 0.29) is 29.9 Å². The van der Waals surface area contributed by atoms with E-state index in [2.05, 4.69) is 5.32 Å². The van der Waals surface area contributed by atoms with E-state index >= 15 is 0 Å². The van der Waals surface area contributed by atoms with Gasteiger partial charge in [0.2, 0.25) is 21.8 Å². The van der Waals surface area contributed by atoms with Gasteiger partial charge in [-0.25, -0.2) is 8.42 Å². The van der Waals surface area contributed by atoms with Gasteiger partial charge in [-0.15, -0.1) is 0 Å². The van der Waals surface area contributed by atoms with Crippen LogP contribution in [0.5, 0.6) is 0 Å². The molecule has 0 aliphatic heterocycles. The first-order valence-electron chi connectivity index (χ1n) is 11.4. The van der Waals surface area contributed by atoms with Crippen LogP contribution in [0.25, 0.3) is 0 Å². The van der Waals surface area contributed by atoms with Crippen LogP contribution < -0.4 is 5.32 Å². The van der Waals surface area contributed by atoms with Crippen LogP contribution in [0.15, 0.2) is 59.5 Å². The van der Waals surface area contributed by atoms with Crippen LogP contribution in [0.3, 0.4) is 0 Å². The maximum Gasteiger partial charge on any atom is 0.243 e. The van der Waals surface area contributed by atoms with Gasteiger partial charge in [-0.1, -0.05) is 60.9 Å². The fourth-order valence-corrected chi connectivity index (χ4v) is 5.13. The number of benzene rings is 2. The largest absolute Gasteiger partial charge is 0.352 e. The van der Waals surface area contributed by atoms with Crippen molar-refractivity contribution in [3.63, 3.8) is 0 Å². The van der Waals surface area contributed by atoms with Gasteiger partial charge in [0.1, 0.15) is 6.04 Å². The van der Waals surface area contributed by atoms with Crippen molar-refractivity contribution in [2.24, 2.45) is 0 Å². The lowest BCUT2D eigenvalue weighted by Gasteiger charge is -2.31. The molecule has 0 bridgehead atoms. The number of nitrogens with one attached hydrogen (secondary N) is 1. The molecular formula is C25H33N3O4S. The van der Waals surface area contributed by atoms with Crippen LogP contribution >= 0.6 is 0 Å². The maximum atomic E-state index is 13.3. The molecule has 1 saturated carbocycles. The first-order valence-corrected chi connectivity index (χ1v) is 12.8. The van der Waals surface area contributed by atoms with Gasteiger partial charge in [0.25, 0.3) is 0 Å². The van der Waals surface area contributed by atoms with Gasteiger partial charge < -0.3 is 10.2 Å². The molecule has 1 N–H and O–H groups in total. The lowest BCUT2D eigenvalue weighted by molar-refractivity contribution is -0.140. The van der Waals surface area contributed by atoms with Crippen LogP contribution in [0, 0.1) is 6.92 Å². The first-order chi connectivity index (χ1) is 15.7. The van der Waals surface area contributed by atoms with E-state index in [1.807, 2.05) is 37.3 Å². The summed E-state index contributed by atoms with van der Waals surface area (Å²) in [6.07, 6.45) is 4.08. The average molecular weight is 472 g/mol. The van der Waals surface area contributed by atoms with Crippen molar-refractivity contribution in [1.29, 1.82) is 0 Å². The maximum absolute atomic E-state index is 13.3. The summed E-state index contributed by atoms with van der Waals surface area (Å²) in [7, 11) is -2.45. The quantitative estimate of drug-likeness (QED) is 0.609. The molecule has 2 amide bonds.